The molecule has 0 radical (unpaired) electrons. The molecule has 108 valence electrons. The molecule has 0 spiro atoms. The first-order chi connectivity index (χ1) is 8.78. The number of nitrogens with two attached hydrogens (primary N) is 1. The van der Waals surface area contributed by atoms with Crippen LogP contribution in [0.2, 0.25) is 0 Å². The van der Waals surface area contributed by atoms with Crippen LogP contribution in [0.3, 0.4) is 0 Å². The molecule has 19 heavy (non-hydrogen) atoms. The van der Waals surface area contributed by atoms with Crippen LogP contribution in [0.15, 0.2) is 0 Å². The van der Waals surface area contributed by atoms with Gasteiger partial charge in [0.25, 0.3) is 5.09 Å². The van der Waals surface area contributed by atoms with Gasteiger partial charge in [-0.1, -0.05) is 26.7 Å². The molecule has 4 aliphatic rings. The summed E-state index contributed by atoms with van der Waals surface area (Å²) in [6.45, 7) is 4.39. The molecule has 5 nitrogen and oxygen atoms in total. The maximum Gasteiger partial charge on any atom is 0.295 e. The Morgan fingerprint density at radius 2 is 1.58 bits per heavy atom. The molecule has 4 rings (SSSR count). The number of hydrogen-bond donors (Lipinski definition) is 1. The standard InChI is InChI=1S/C14H24N2O3/c1-3-11-5-12(4-2)7-13(15,6-11)10-14(8-11,9-12)19-16(17)18/h3-10,15H2,1-2H3/t11-,12+,13?,14?. The SMILES string of the molecule is CC[C@]12CC3(N)CC(O[N+](=O)[O-])(C1)C[C@@](CC)(C3)C2. The predicted molar refractivity (Wildman–Crippen MR) is 70.9 cm³/mol. The normalized spacial score (nSPS) is 51.3. The van der Waals surface area contributed by atoms with E-state index >= 15 is 0 Å². The van der Waals surface area contributed by atoms with E-state index in [1.807, 2.05) is 0 Å². The summed E-state index contributed by atoms with van der Waals surface area (Å²) in [6, 6.07) is 0. The molecule has 4 bridgehead atoms. The van der Waals surface area contributed by atoms with Crippen molar-refractivity contribution in [2.24, 2.45) is 16.6 Å². The Bertz CT molecular complexity index is 403. The van der Waals surface area contributed by atoms with Crippen LogP contribution in [-0.2, 0) is 4.84 Å². The summed E-state index contributed by atoms with van der Waals surface area (Å²) in [7, 11) is 0. The highest BCUT2D eigenvalue weighted by Crippen LogP contribution is 2.69. The van der Waals surface area contributed by atoms with Gasteiger partial charge < -0.3 is 10.6 Å². The van der Waals surface area contributed by atoms with Gasteiger partial charge in [-0.3, -0.25) is 0 Å². The second-order valence-electron chi connectivity index (χ2n) is 7.63. The molecule has 4 saturated carbocycles. The van der Waals surface area contributed by atoms with Crippen LogP contribution < -0.4 is 5.73 Å². The van der Waals surface area contributed by atoms with Crippen LogP contribution in [0, 0.1) is 20.9 Å². The molecule has 0 saturated heterocycles. The lowest BCUT2D eigenvalue weighted by Gasteiger charge is -2.68. The largest absolute Gasteiger partial charge is 0.325 e. The highest BCUT2D eigenvalue weighted by molar-refractivity contribution is 5.20. The van der Waals surface area contributed by atoms with Crippen molar-refractivity contribution in [3.63, 3.8) is 0 Å². The minimum absolute atomic E-state index is 0.162. The highest BCUT2D eigenvalue weighted by Gasteiger charge is 2.67. The van der Waals surface area contributed by atoms with Crippen molar-refractivity contribution in [2.75, 3.05) is 0 Å². The van der Waals surface area contributed by atoms with Crippen molar-refractivity contribution in [1.82, 2.24) is 0 Å². The van der Waals surface area contributed by atoms with E-state index in [0.29, 0.717) is 6.42 Å². The first-order valence-electron chi connectivity index (χ1n) is 7.40. The Hall–Kier alpha value is -0.840. The Labute approximate surface area is 114 Å². The molecule has 0 heterocycles. The fourth-order valence-corrected chi connectivity index (χ4v) is 6.05. The molecule has 4 atom stereocenters. The van der Waals surface area contributed by atoms with Crippen molar-refractivity contribution in [1.29, 1.82) is 0 Å². The van der Waals surface area contributed by atoms with Crippen LogP contribution in [-0.4, -0.2) is 16.2 Å². The van der Waals surface area contributed by atoms with E-state index in [9.17, 15) is 10.1 Å². The molecule has 2 unspecified atom stereocenters. The van der Waals surface area contributed by atoms with Crippen LogP contribution in [0.1, 0.15) is 65.2 Å². The minimum atomic E-state index is -0.612. The third-order valence-corrected chi connectivity index (χ3v) is 6.04. The first kappa shape index (κ1) is 13.2. The summed E-state index contributed by atoms with van der Waals surface area (Å²) in [6.07, 6.45) is 7.60. The molecular weight excluding hydrogens is 244 g/mol. The lowest BCUT2D eigenvalue weighted by Crippen LogP contribution is -2.70. The van der Waals surface area contributed by atoms with Gasteiger partial charge in [0.15, 0.2) is 0 Å². The molecule has 0 aromatic heterocycles. The Balaban J connectivity index is 2.03. The van der Waals surface area contributed by atoms with E-state index in [-0.39, 0.29) is 16.4 Å². The zero-order valence-electron chi connectivity index (χ0n) is 11.9. The van der Waals surface area contributed by atoms with E-state index in [1.165, 1.54) is 6.42 Å². The lowest BCUT2D eigenvalue weighted by molar-refractivity contribution is -0.786. The fourth-order valence-electron chi connectivity index (χ4n) is 6.05. The smallest absolute Gasteiger partial charge is 0.295 e. The van der Waals surface area contributed by atoms with E-state index in [2.05, 4.69) is 13.8 Å². The van der Waals surface area contributed by atoms with E-state index < -0.39 is 10.7 Å². The predicted octanol–water partition coefficient (Wildman–Crippen LogP) is 2.81. The minimum Gasteiger partial charge on any atom is -0.325 e. The van der Waals surface area contributed by atoms with Gasteiger partial charge in [-0.2, -0.15) is 0 Å². The summed E-state index contributed by atoms with van der Waals surface area (Å²) in [5, 5.41) is 10.3. The number of hydrogen-bond acceptors (Lipinski definition) is 4. The molecule has 0 aromatic carbocycles. The van der Waals surface area contributed by atoms with Crippen LogP contribution >= 0.6 is 0 Å². The summed E-state index contributed by atoms with van der Waals surface area (Å²) in [4.78, 5) is 16.1. The quantitative estimate of drug-likeness (QED) is 0.628. The summed E-state index contributed by atoms with van der Waals surface area (Å²) in [5.41, 5.74) is 6.06. The van der Waals surface area contributed by atoms with E-state index in [1.54, 1.807) is 0 Å². The topological polar surface area (TPSA) is 78.4 Å². The van der Waals surface area contributed by atoms with E-state index in [0.717, 1.165) is 38.5 Å². The Morgan fingerprint density at radius 3 is 2.00 bits per heavy atom. The van der Waals surface area contributed by atoms with Gasteiger partial charge in [-0.05, 0) is 49.4 Å². The van der Waals surface area contributed by atoms with Gasteiger partial charge in [-0.15, -0.1) is 10.1 Å². The molecule has 0 aliphatic heterocycles. The molecule has 5 heteroatoms. The van der Waals surface area contributed by atoms with Crippen molar-refractivity contribution < 1.29 is 9.92 Å². The van der Waals surface area contributed by atoms with Crippen LogP contribution in [0.5, 0.6) is 0 Å². The molecule has 4 fully saturated rings. The van der Waals surface area contributed by atoms with Crippen molar-refractivity contribution in [2.45, 2.75) is 76.4 Å². The van der Waals surface area contributed by atoms with Gasteiger partial charge in [-0.25, -0.2) is 0 Å². The van der Waals surface area contributed by atoms with Crippen LogP contribution in [0.4, 0.5) is 0 Å². The maximum atomic E-state index is 10.9. The summed E-state index contributed by atoms with van der Waals surface area (Å²) in [5.74, 6) is 0. The molecule has 2 N–H and O–H groups in total. The van der Waals surface area contributed by atoms with Gasteiger partial charge in [0.1, 0.15) is 5.60 Å². The van der Waals surface area contributed by atoms with Gasteiger partial charge >= 0.3 is 0 Å². The van der Waals surface area contributed by atoms with Crippen LogP contribution in [0.25, 0.3) is 0 Å². The second kappa shape index (κ2) is 3.62. The molecular formula is C14H24N2O3. The van der Waals surface area contributed by atoms with Gasteiger partial charge in [0.2, 0.25) is 0 Å². The van der Waals surface area contributed by atoms with Gasteiger partial charge in [0.05, 0.1) is 0 Å². The van der Waals surface area contributed by atoms with E-state index in [4.69, 9.17) is 10.6 Å². The zero-order valence-corrected chi connectivity index (χ0v) is 11.9. The summed E-state index contributed by atoms with van der Waals surface area (Å²) >= 11 is 0. The average molecular weight is 268 g/mol. The van der Waals surface area contributed by atoms with Crippen molar-refractivity contribution in [3.05, 3.63) is 10.1 Å². The third kappa shape index (κ3) is 1.85. The van der Waals surface area contributed by atoms with Crippen molar-refractivity contribution in [3.8, 4) is 0 Å². The highest BCUT2D eigenvalue weighted by atomic mass is 17.0. The Morgan fingerprint density at radius 1 is 1.05 bits per heavy atom. The number of nitrogens with zero attached hydrogens (tertiary/aromatic N) is 1. The summed E-state index contributed by atoms with van der Waals surface area (Å²) < 4.78 is 0. The average Bonchev–Trinajstić information content (AvgIpc) is 2.24. The molecule has 4 aliphatic carbocycles. The first-order valence-corrected chi connectivity index (χ1v) is 7.40. The lowest BCUT2D eigenvalue weighted by atomic mass is 9.39. The Kier molecular flexibility index (Phi) is 2.51. The fraction of sp³-hybridized carbons (Fsp3) is 1.00. The number of rotatable bonds is 4. The third-order valence-electron chi connectivity index (χ3n) is 6.04. The second-order valence-corrected chi connectivity index (χ2v) is 7.63. The van der Waals surface area contributed by atoms with Gasteiger partial charge in [0, 0.05) is 5.54 Å². The monoisotopic (exact) mass is 268 g/mol. The molecule has 0 amide bonds. The zero-order chi connectivity index (χ0) is 13.9. The molecule has 0 aromatic rings. The van der Waals surface area contributed by atoms with Crippen molar-refractivity contribution >= 4 is 0 Å². The maximum absolute atomic E-state index is 10.9.